The molecule has 5 heteroatoms. The summed E-state index contributed by atoms with van der Waals surface area (Å²) < 4.78 is 7.44. The summed E-state index contributed by atoms with van der Waals surface area (Å²) in [6.45, 7) is 0.415. The quantitative estimate of drug-likeness (QED) is 0.696. The molecule has 0 aliphatic heterocycles. The van der Waals surface area contributed by atoms with Crippen LogP contribution in [0.4, 0.5) is 0 Å². The summed E-state index contributed by atoms with van der Waals surface area (Å²) in [5, 5.41) is 13.5. The molecule has 25 heavy (non-hydrogen) atoms. The van der Waals surface area contributed by atoms with Gasteiger partial charge in [0.05, 0.1) is 25.3 Å². The zero-order chi connectivity index (χ0) is 17.6. The first kappa shape index (κ1) is 17.0. The van der Waals surface area contributed by atoms with Gasteiger partial charge in [0.15, 0.2) is 0 Å². The van der Waals surface area contributed by atoms with Gasteiger partial charge in [-0.3, -0.25) is 4.79 Å². The van der Waals surface area contributed by atoms with Crippen molar-refractivity contribution in [2.75, 3.05) is 13.7 Å². The molecule has 0 saturated heterocycles. The predicted molar refractivity (Wildman–Crippen MR) is 97.5 cm³/mol. The number of para-hydroxylation sites is 1. The van der Waals surface area contributed by atoms with E-state index in [-0.39, 0.29) is 18.6 Å². The van der Waals surface area contributed by atoms with Crippen LogP contribution in [0.25, 0.3) is 10.9 Å². The third-order valence-electron chi connectivity index (χ3n) is 4.27. The molecule has 1 amide bonds. The number of carbonyl (C=O) groups is 1. The molecule has 1 heterocycles. The van der Waals surface area contributed by atoms with Crippen molar-refractivity contribution in [3.8, 4) is 5.75 Å². The number of amides is 1. The molecule has 3 aromatic rings. The van der Waals surface area contributed by atoms with Crippen molar-refractivity contribution in [2.24, 2.45) is 0 Å². The number of aromatic nitrogens is 1. The third kappa shape index (κ3) is 3.83. The fourth-order valence-electron chi connectivity index (χ4n) is 2.99. The van der Waals surface area contributed by atoms with E-state index in [4.69, 9.17) is 4.74 Å². The molecule has 0 bridgehead atoms. The lowest BCUT2D eigenvalue weighted by Gasteiger charge is -2.17. The molecular weight excluding hydrogens is 316 g/mol. The second-order valence-electron chi connectivity index (χ2n) is 5.87. The van der Waals surface area contributed by atoms with Gasteiger partial charge in [-0.15, -0.1) is 0 Å². The number of aliphatic hydroxyl groups excluding tert-OH is 1. The van der Waals surface area contributed by atoms with Crippen LogP contribution in [0, 0.1) is 0 Å². The number of methoxy groups -OCH3 is 1. The van der Waals surface area contributed by atoms with Crippen molar-refractivity contribution in [3.63, 3.8) is 0 Å². The number of hydrogen-bond acceptors (Lipinski definition) is 3. The molecular formula is C20H22N2O3. The Hall–Kier alpha value is -2.79. The first-order valence-electron chi connectivity index (χ1n) is 8.30. The predicted octanol–water partition coefficient (Wildman–Crippen LogP) is 2.89. The van der Waals surface area contributed by atoms with Gasteiger partial charge in [-0.25, -0.2) is 0 Å². The Labute approximate surface area is 146 Å². The minimum Gasteiger partial charge on any atom is -0.495 e. The van der Waals surface area contributed by atoms with E-state index >= 15 is 0 Å². The maximum Gasteiger partial charge on any atom is 0.222 e. The Morgan fingerprint density at radius 3 is 2.68 bits per heavy atom. The molecule has 1 unspecified atom stereocenters. The van der Waals surface area contributed by atoms with E-state index in [1.807, 2.05) is 65.4 Å². The highest BCUT2D eigenvalue weighted by molar-refractivity contribution is 5.86. The van der Waals surface area contributed by atoms with Gasteiger partial charge in [-0.1, -0.05) is 42.5 Å². The highest BCUT2D eigenvalue weighted by Crippen LogP contribution is 2.26. The average molecular weight is 338 g/mol. The molecule has 0 radical (unpaired) electrons. The fraction of sp³-hybridized carbons (Fsp3) is 0.250. The fourth-order valence-corrected chi connectivity index (χ4v) is 2.99. The highest BCUT2D eigenvalue weighted by Gasteiger charge is 2.14. The minimum atomic E-state index is -0.385. The summed E-state index contributed by atoms with van der Waals surface area (Å²) in [5.41, 5.74) is 1.88. The third-order valence-corrected chi connectivity index (χ3v) is 4.27. The molecule has 2 aromatic carbocycles. The Morgan fingerprint density at radius 1 is 1.16 bits per heavy atom. The number of nitrogens with zero attached hydrogens (tertiary/aromatic N) is 1. The second-order valence-corrected chi connectivity index (χ2v) is 5.87. The van der Waals surface area contributed by atoms with Gasteiger partial charge >= 0.3 is 0 Å². The maximum absolute atomic E-state index is 12.3. The lowest BCUT2D eigenvalue weighted by molar-refractivity contribution is -0.122. The number of ether oxygens (including phenoxy) is 1. The van der Waals surface area contributed by atoms with E-state index in [9.17, 15) is 9.90 Å². The van der Waals surface area contributed by atoms with Gasteiger partial charge in [-0.2, -0.15) is 0 Å². The molecule has 0 fully saturated rings. The van der Waals surface area contributed by atoms with Crippen molar-refractivity contribution in [3.05, 3.63) is 66.4 Å². The number of aryl methyl sites for hydroxylation is 1. The highest BCUT2D eigenvalue weighted by atomic mass is 16.5. The van der Waals surface area contributed by atoms with Crippen LogP contribution in [0.15, 0.2) is 60.8 Å². The number of aliphatic hydroxyl groups is 1. The van der Waals surface area contributed by atoms with Crippen LogP contribution in [-0.4, -0.2) is 29.3 Å². The minimum absolute atomic E-state index is 0.0975. The first-order valence-corrected chi connectivity index (χ1v) is 8.30. The van der Waals surface area contributed by atoms with Crippen molar-refractivity contribution in [2.45, 2.75) is 19.0 Å². The Balaban J connectivity index is 1.66. The van der Waals surface area contributed by atoms with Gasteiger partial charge < -0.3 is 19.7 Å². The smallest absolute Gasteiger partial charge is 0.222 e. The van der Waals surface area contributed by atoms with Crippen molar-refractivity contribution < 1.29 is 14.6 Å². The summed E-state index contributed by atoms with van der Waals surface area (Å²) in [7, 11) is 1.64. The zero-order valence-corrected chi connectivity index (χ0v) is 14.2. The zero-order valence-electron chi connectivity index (χ0n) is 14.2. The standard InChI is InChI=1S/C20H22N2O3/c1-25-18-9-5-8-16-10-12-22(20(16)18)13-11-19(24)21-17(14-23)15-6-3-2-4-7-15/h2-10,12,17,23H,11,13-14H2,1H3,(H,21,24). The van der Waals surface area contributed by atoms with Crippen molar-refractivity contribution >= 4 is 16.8 Å². The number of hydrogen-bond donors (Lipinski definition) is 2. The van der Waals surface area contributed by atoms with Crippen LogP contribution in [0.3, 0.4) is 0 Å². The lowest BCUT2D eigenvalue weighted by atomic mass is 10.1. The van der Waals surface area contributed by atoms with Crippen LogP contribution in [0.2, 0.25) is 0 Å². The SMILES string of the molecule is COc1cccc2ccn(CCC(=O)NC(CO)c3ccccc3)c12. The van der Waals surface area contributed by atoms with Gasteiger partial charge in [0.1, 0.15) is 5.75 Å². The van der Waals surface area contributed by atoms with Crippen LogP contribution >= 0.6 is 0 Å². The largest absolute Gasteiger partial charge is 0.495 e. The first-order chi connectivity index (χ1) is 12.2. The molecule has 130 valence electrons. The molecule has 1 aromatic heterocycles. The molecule has 0 spiro atoms. The van der Waals surface area contributed by atoms with Gasteiger partial charge in [0, 0.05) is 24.5 Å². The molecule has 1 atom stereocenters. The molecule has 0 aliphatic rings. The molecule has 2 N–H and O–H groups in total. The van der Waals surface area contributed by atoms with E-state index < -0.39 is 0 Å². The van der Waals surface area contributed by atoms with Crippen molar-refractivity contribution in [1.82, 2.24) is 9.88 Å². The normalized spacial score (nSPS) is 12.1. The topological polar surface area (TPSA) is 63.5 Å². The van der Waals surface area contributed by atoms with Gasteiger partial charge in [0.2, 0.25) is 5.91 Å². The van der Waals surface area contributed by atoms with Crippen LogP contribution in [0.1, 0.15) is 18.0 Å². The molecule has 0 aliphatic carbocycles. The average Bonchev–Trinajstić information content (AvgIpc) is 3.08. The number of benzene rings is 2. The Bertz CT molecular complexity index is 843. The molecule has 5 nitrogen and oxygen atoms in total. The van der Waals surface area contributed by atoms with Crippen LogP contribution in [-0.2, 0) is 11.3 Å². The van der Waals surface area contributed by atoms with Gasteiger partial charge in [0.25, 0.3) is 0 Å². The van der Waals surface area contributed by atoms with Crippen molar-refractivity contribution in [1.29, 1.82) is 0 Å². The number of carbonyl (C=O) groups excluding carboxylic acids is 1. The molecule has 3 rings (SSSR count). The summed E-state index contributed by atoms with van der Waals surface area (Å²) in [5.74, 6) is 0.695. The molecule has 0 saturated carbocycles. The van der Waals surface area contributed by atoms with E-state index in [0.717, 1.165) is 22.2 Å². The Kier molecular flexibility index (Phi) is 5.36. The van der Waals surface area contributed by atoms with Gasteiger partial charge in [-0.05, 0) is 17.7 Å². The van der Waals surface area contributed by atoms with Crippen LogP contribution in [0.5, 0.6) is 5.75 Å². The van der Waals surface area contributed by atoms with Crippen LogP contribution < -0.4 is 10.1 Å². The lowest BCUT2D eigenvalue weighted by Crippen LogP contribution is -2.31. The van der Waals surface area contributed by atoms with E-state index in [1.54, 1.807) is 7.11 Å². The van der Waals surface area contributed by atoms with E-state index in [1.165, 1.54) is 0 Å². The number of fused-ring (bicyclic) bond motifs is 1. The summed E-state index contributed by atoms with van der Waals surface area (Å²) in [6.07, 6.45) is 2.28. The monoisotopic (exact) mass is 338 g/mol. The second kappa shape index (κ2) is 7.85. The van der Waals surface area contributed by atoms with E-state index in [2.05, 4.69) is 5.32 Å². The summed E-state index contributed by atoms with van der Waals surface area (Å²) in [6, 6.07) is 17.0. The van der Waals surface area contributed by atoms with E-state index in [0.29, 0.717) is 13.0 Å². The summed E-state index contributed by atoms with van der Waals surface area (Å²) in [4.78, 5) is 12.3. The number of rotatable bonds is 7. The summed E-state index contributed by atoms with van der Waals surface area (Å²) >= 11 is 0. The number of nitrogens with one attached hydrogen (secondary N) is 1. The maximum atomic E-state index is 12.3. The Morgan fingerprint density at radius 2 is 1.96 bits per heavy atom.